The molecule has 0 atom stereocenters. The summed E-state index contributed by atoms with van der Waals surface area (Å²) in [5, 5.41) is 2.56. The van der Waals surface area contributed by atoms with Gasteiger partial charge in [-0.25, -0.2) is 9.97 Å². The van der Waals surface area contributed by atoms with Crippen LogP contribution in [-0.2, 0) is 12.8 Å². The lowest BCUT2D eigenvalue weighted by Gasteiger charge is -1.98. The van der Waals surface area contributed by atoms with E-state index in [2.05, 4.69) is 48.5 Å². The molecule has 2 aromatic carbocycles. The topological polar surface area (TPSA) is 25.8 Å². The lowest BCUT2D eigenvalue weighted by molar-refractivity contribution is 0.639. The first-order chi connectivity index (χ1) is 11.9. The summed E-state index contributed by atoms with van der Waals surface area (Å²) in [5.41, 5.74) is 2.29. The van der Waals surface area contributed by atoms with Crippen LogP contribution in [0.2, 0.25) is 0 Å². The van der Waals surface area contributed by atoms with Crippen LogP contribution in [0.25, 0.3) is 20.4 Å². The third-order valence-corrected chi connectivity index (χ3v) is 6.40. The zero-order valence-electron chi connectivity index (χ0n) is 13.6. The molecule has 0 amide bonds. The van der Waals surface area contributed by atoms with Crippen molar-refractivity contribution in [3.8, 4) is 0 Å². The van der Waals surface area contributed by atoms with Crippen molar-refractivity contribution in [3.63, 3.8) is 0 Å². The van der Waals surface area contributed by atoms with Crippen LogP contribution in [0.15, 0.2) is 48.5 Å². The highest BCUT2D eigenvalue weighted by Crippen LogP contribution is 2.24. The predicted molar refractivity (Wildman–Crippen MR) is 105 cm³/mol. The molecule has 0 fully saturated rings. The summed E-state index contributed by atoms with van der Waals surface area (Å²) in [6.45, 7) is 0. The van der Waals surface area contributed by atoms with Gasteiger partial charge < -0.3 is 0 Å². The first kappa shape index (κ1) is 15.7. The minimum Gasteiger partial charge on any atom is -0.241 e. The molecule has 2 heterocycles. The highest BCUT2D eigenvalue weighted by molar-refractivity contribution is 7.18. The Morgan fingerprint density at radius 1 is 0.583 bits per heavy atom. The van der Waals surface area contributed by atoms with Gasteiger partial charge in [0, 0.05) is 0 Å². The summed E-state index contributed by atoms with van der Waals surface area (Å²) in [5.74, 6) is 0. The van der Waals surface area contributed by atoms with E-state index in [1.807, 2.05) is 22.7 Å². The molecule has 2 aromatic heterocycles. The highest BCUT2D eigenvalue weighted by atomic mass is 32.1. The van der Waals surface area contributed by atoms with E-state index in [0.29, 0.717) is 0 Å². The second-order valence-electron chi connectivity index (χ2n) is 6.06. The summed E-state index contributed by atoms with van der Waals surface area (Å²) in [6.07, 6.45) is 7.25. The molecule has 0 spiro atoms. The van der Waals surface area contributed by atoms with E-state index in [0.717, 1.165) is 23.9 Å². The molecule has 4 heteroatoms. The van der Waals surface area contributed by atoms with E-state index in [4.69, 9.17) is 9.97 Å². The van der Waals surface area contributed by atoms with Gasteiger partial charge in [0.25, 0.3) is 0 Å². The summed E-state index contributed by atoms with van der Waals surface area (Å²) in [7, 11) is 0. The standard InChI is InChI=1S/C20H20N2S2/c1(3-13-19-21-15-9-5-7-11-17(15)23-19)2-4-14-20-22-16-10-6-8-12-18(16)24-20/h5-12H,1-4,13-14H2. The predicted octanol–water partition coefficient (Wildman–Crippen LogP) is 6.25. The molecule has 4 rings (SSSR count). The van der Waals surface area contributed by atoms with Gasteiger partial charge in [-0.05, 0) is 49.9 Å². The molecule has 24 heavy (non-hydrogen) atoms. The van der Waals surface area contributed by atoms with E-state index < -0.39 is 0 Å². The molecule has 0 aliphatic carbocycles. The monoisotopic (exact) mass is 352 g/mol. The Balaban J connectivity index is 1.20. The van der Waals surface area contributed by atoms with Crippen LogP contribution < -0.4 is 0 Å². The van der Waals surface area contributed by atoms with E-state index in [1.165, 1.54) is 45.1 Å². The largest absolute Gasteiger partial charge is 0.241 e. The highest BCUT2D eigenvalue weighted by Gasteiger charge is 2.04. The molecule has 0 N–H and O–H groups in total. The Hall–Kier alpha value is -1.78. The molecule has 0 unspecified atom stereocenters. The molecule has 0 saturated carbocycles. The SMILES string of the molecule is c1ccc2sc(CCCCCCc3nc4ccccc4s3)nc2c1. The second kappa shape index (κ2) is 7.41. The van der Waals surface area contributed by atoms with Crippen LogP contribution in [0.4, 0.5) is 0 Å². The van der Waals surface area contributed by atoms with Crippen molar-refractivity contribution in [2.45, 2.75) is 38.5 Å². The Kier molecular flexibility index (Phi) is 4.86. The van der Waals surface area contributed by atoms with Crippen molar-refractivity contribution in [2.24, 2.45) is 0 Å². The number of benzene rings is 2. The fourth-order valence-corrected chi connectivity index (χ4v) is 4.98. The van der Waals surface area contributed by atoms with Gasteiger partial charge in [-0.1, -0.05) is 37.1 Å². The lowest BCUT2D eigenvalue weighted by Crippen LogP contribution is -1.87. The summed E-state index contributed by atoms with van der Waals surface area (Å²) < 4.78 is 2.62. The van der Waals surface area contributed by atoms with Gasteiger partial charge in [0.05, 0.1) is 30.4 Å². The fraction of sp³-hybridized carbons (Fsp3) is 0.300. The number of para-hydroxylation sites is 2. The van der Waals surface area contributed by atoms with Crippen molar-refractivity contribution < 1.29 is 0 Å². The molecule has 0 saturated heterocycles. The third-order valence-electron chi connectivity index (χ3n) is 4.21. The first-order valence-corrected chi connectivity index (χ1v) is 10.2. The Labute approximate surface area is 150 Å². The average Bonchev–Trinajstić information content (AvgIpc) is 3.20. The molecule has 2 nitrogen and oxygen atoms in total. The van der Waals surface area contributed by atoms with Crippen LogP contribution in [-0.4, -0.2) is 9.97 Å². The van der Waals surface area contributed by atoms with E-state index in [-0.39, 0.29) is 0 Å². The van der Waals surface area contributed by atoms with Crippen LogP contribution in [0.5, 0.6) is 0 Å². The van der Waals surface area contributed by atoms with Crippen LogP contribution >= 0.6 is 22.7 Å². The van der Waals surface area contributed by atoms with Gasteiger partial charge in [-0.15, -0.1) is 22.7 Å². The molecular formula is C20H20N2S2. The number of unbranched alkanes of at least 4 members (excludes halogenated alkanes) is 3. The van der Waals surface area contributed by atoms with E-state index >= 15 is 0 Å². The smallest absolute Gasteiger partial charge is 0.0938 e. The number of thiazole rings is 2. The summed E-state index contributed by atoms with van der Waals surface area (Å²) >= 11 is 3.68. The summed E-state index contributed by atoms with van der Waals surface area (Å²) in [4.78, 5) is 9.43. The van der Waals surface area contributed by atoms with Crippen molar-refractivity contribution >= 4 is 43.1 Å². The Bertz CT molecular complexity index is 795. The maximum atomic E-state index is 4.71. The quantitative estimate of drug-likeness (QED) is 0.367. The van der Waals surface area contributed by atoms with Gasteiger partial charge >= 0.3 is 0 Å². The van der Waals surface area contributed by atoms with Crippen LogP contribution in [0.3, 0.4) is 0 Å². The maximum absolute atomic E-state index is 4.71. The van der Waals surface area contributed by atoms with Crippen LogP contribution in [0, 0.1) is 0 Å². The normalized spacial score (nSPS) is 11.5. The van der Waals surface area contributed by atoms with Gasteiger partial charge in [-0.3, -0.25) is 0 Å². The molecule has 0 radical (unpaired) electrons. The maximum Gasteiger partial charge on any atom is 0.0938 e. The van der Waals surface area contributed by atoms with Gasteiger partial charge in [-0.2, -0.15) is 0 Å². The molecule has 4 aromatic rings. The van der Waals surface area contributed by atoms with Gasteiger partial charge in [0.1, 0.15) is 0 Å². The second-order valence-corrected chi connectivity index (χ2v) is 8.30. The van der Waals surface area contributed by atoms with E-state index in [1.54, 1.807) is 0 Å². The number of fused-ring (bicyclic) bond motifs is 2. The van der Waals surface area contributed by atoms with Gasteiger partial charge in [0.2, 0.25) is 0 Å². The van der Waals surface area contributed by atoms with Gasteiger partial charge in [0.15, 0.2) is 0 Å². The van der Waals surface area contributed by atoms with Crippen molar-refractivity contribution in [2.75, 3.05) is 0 Å². The van der Waals surface area contributed by atoms with Crippen LogP contribution in [0.1, 0.15) is 35.7 Å². The van der Waals surface area contributed by atoms with Crippen molar-refractivity contribution in [1.82, 2.24) is 9.97 Å². The summed E-state index contributed by atoms with van der Waals surface area (Å²) in [6, 6.07) is 16.8. The minimum atomic E-state index is 1.11. The molecule has 0 bridgehead atoms. The number of nitrogens with zero attached hydrogens (tertiary/aromatic N) is 2. The molecular weight excluding hydrogens is 332 g/mol. The Morgan fingerprint density at radius 3 is 1.50 bits per heavy atom. The average molecular weight is 353 g/mol. The lowest BCUT2D eigenvalue weighted by atomic mass is 10.1. The fourth-order valence-electron chi connectivity index (χ4n) is 2.96. The molecule has 0 aliphatic rings. The molecule has 0 aliphatic heterocycles. The Morgan fingerprint density at radius 2 is 1.04 bits per heavy atom. The number of hydrogen-bond donors (Lipinski definition) is 0. The number of hydrogen-bond acceptors (Lipinski definition) is 4. The van der Waals surface area contributed by atoms with Crippen molar-refractivity contribution in [1.29, 1.82) is 0 Å². The minimum absolute atomic E-state index is 1.11. The number of rotatable bonds is 7. The van der Waals surface area contributed by atoms with E-state index in [9.17, 15) is 0 Å². The number of aryl methyl sites for hydroxylation is 2. The zero-order valence-corrected chi connectivity index (χ0v) is 15.2. The first-order valence-electron chi connectivity index (χ1n) is 8.57. The zero-order chi connectivity index (χ0) is 16.2. The molecule has 122 valence electrons. The number of aromatic nitrogens is 2. The van der Waals surface area contributed by atoms with Crippen molar-refractivity contribution in [3.05, 3.63) is 58.5 Å². The third kappa shape index (κ3) is 3.65.